The maximum atomic E-state index is 5.55. The van der Waals surface area contributed by atoms with Crippen LogP contribution in [0.3, 0.4) is 0 Å². The molecule has 90 valence electrons. The molecule has 1 N–H and O–H groups in total. The zero-order valence-corrected chi connectivity index (χ0v) is 10.3. The van der Waals surface area contributed by atoms with Crippen LogP contribution in [-0.4, -0.2) is 50.3 Å². The van der Waals surface area contributed by atoms with Gasteiger partial charge in [0.25, 0.3) is 0 Å². The Balaban J connectivity index is 1.87. The van der Waals surface area contributed by atoms with Crippen LogP contribution in [0.1, 0.15) is 33.1 Å². The second-order valence-corrected chi connectivity index (χ2v) is 4.22. The minimum atomic E-state index is 0.485. The monoisotopic (exact) mass is 214 g/mol. The number of hydrogen-bond acceptors (Lipinski definition) is 3. The summed E-state index contributed by atoms with van der Waals surface area (Å²) in [6.07, 6.45) is 4.21. The van der Waals surface area contributed by atoms with Gasteiger partial charge in [-0.25, -0.2) is 0 Å². The summed E-state index contributed by atoms with van der Waals surface area (Å²) >= 11 is 0. The molecule has 1 rings (SSSR count). The van der Waals surface area contributed by atoms with E-state index >= 15 is 0 Å². The van der Waals surface area contributed by atoms with E-state index in [9.17, 15) is 0 Å². The Labute approximate surface area is 94.2 Å². The first-order chi connectivity index (χ1) is 7.36. The Morgan fingerprint density at radius 2 is 2.13 bits per heavy atom. The van der Waals surface area contributed by atoms with Crippen molar-refractivity contribution in [3.63, 3.8) is 0 Å². The molecule has 1 saturated heterocycles. The summed E-state index contributed by atoms with van der Waals surface area (Å²) in [6, 6.07) is 0. The van der Waals surface area contributed by atoms with E-state index in [1.165, 1.54) is 38.9 Å². The third-order valence-corrected chi connectivity index (χ3v) is 3.12. The first-order valence-electron chi connectivity index (χ1n) is 6.41. The molecular weight excluding hydrogens is 188 g/mol. The van der Waals surface area contributed by atoms with E-state index in [0.29, 0.717) is 6.10 Å². The molecule has 3 nitrogen and oxygen atoms in total. The normalized spacial score (nSPS) is 21.4. The molecule has 1 aliphatic rings. The van der Waals surface area contributed by atoms with Crippen molar-refractivity contribution in [2.75, 3.05) is 39.3 Å². The van der Waals surface area contributed by atoms with Gasteiger partial charge in [-0.3, -0.25) is 0 Å². The van der Waals surface area contributed by atoms with Crippen molar-refractivity contribution in [2.24, 2.45) is 0 Å². The summed E-state index contributed by atoms with van der Waals surface area (Å²) in [5.41, 5.74) is 0. The zero-order valence-electron chi connectivity index (χ0n) is 10.3. The van der Waals surface area contributed by atoms with Gasteiger partial charge in [0.2, 0.25) is 0 Å². The molecular formula is C12H26N2O. The first kappa shape index (κ1) is 12.9. The summed E-state index contributed by atoms with van der Waals surface area (Å²) < 4.78 is 5.55. The van der Waals surface area contributed by atoms with Gasteiger partial charge in [0.15, 0.2) is 0 Å². The lowest BCUT2D eigenvalue weighted by molar-refractivity contribution is 0.110. The van der Waals surface area contributed by atoms with Crippen LogP contribution in [0.15, 0.2) is 0 Å². The summed E-state index contributed by atoms with van der Waals surface area (Å²) in [4.78, 5) is 2.47. The molecule has 0 bridgehead atoms. The van der Waals surface area contributed by atoms with Crippen LogP contribution in [0.5, 0.6) is 0 Å². The van der Waals surface area contributed by atoms with Crippen molar-refractivity contribution >= 4 is 0 Å². The molecule has 0 aromatic rings. The fourth-order valence-corrected chi connectivity index (χ4v) is 2.04. The maximum Gasteiger partial charge on any atom is 0.0700 e. The second-order valence-electron chi connectivity index (χ2n) is 4.22. The third-order valence-electron chi connectivity index (χ3n) is 3.12. The first-order valence-corrected chi connectivity index (χ1v) is 6.41. The molecule has 0 radical (unpaired) electrons. The molecule has 15 heavy (non-hydrogen) atoms. The number of ether oxygens (including phenoxy) is 1. The van der Waals surface area contributed by atoms with Crippen molar-refractivity contribution < 1.29 is 4.74 Å². The van der Waals surface area contributed by atoms with Crippen LogP contribution in [-0.2, 0) is 4.74 Å². The quantitative estimate of drug-likeness (QED) is 0.620. The Morgan fingerprint density at radius 1 is 1.33 bits per heavy atom. The van der Waals surface area contributed by atoms with E-state index in [1.807, 2.05) is 0 Å². The molecule has 0 aliphatic carbocycles. The molecule has 3 heteroatoms. The Bertz CT molecular complexity index is 139. The fraction of sp³-hybridized carbons (Fsp3) is 1.00. The second kappa shape index (κ2) is 8.08. The van der Waals surface area contributed by atoms with Gasteiger partial charge in [-0.2, -0.15) is 0 Å². The van der Waals surface area contributed by atoms with Gasteiger partial charge in [-0.1, -0.05) is 13.8 Å². The van der Waals surface area contributed by atoms with Crippen molar-refractivity contribution in [1.29, 1.82) is 0 Å². The smallest absolute Gasteiger partial charge is 0.0700 e. The van der Waals surface area contributed by atoms with E-state index in [4.69, 9.17) is 4.74 Å². The maximum absolute atomic E-state index is 5.55. The highest BCUT2D eigenvalue weighted by molar-refractivity contribution is 4.67. The van der Waals surface area contributed by atoms with Crippen molar-refractivity contribution in [1.82, 2.24) is 10.2 Å². The zero-order chi connectivity index (χ0) is 10.9. The van der Waals surface area contributed by atoms with Gasteiger partial charge < -0.3 is 15.0 Å². The molecule has 1 atom stereocenters. The summed E-state index contributed by atoms with van der Waals surface area (Å²) in [6.45, 7) is 11.1. The largest absolute Gasteiger partial charge is 0.377 e. The minimum absolute atomic E-state index is 0.485. The van der Waals surface area contributed by atoms with Crippen LogP contribution in [0, 0.1) is 0 Å². The van der Waals surface area contributed by atoms with E-state index in [2.05, 4.69) is 24.1 Å². The van der Waals surface area contributed by atoms with Crippen LogP contribution in [0.2, 0.25) is 0 Å². The summed E-state index contributed by atoms with van der Waals surface area (Å²) in [5.74, 6) is 0. The highest BCUT2D eigenvalue weighted by Crippen LogP contribution is 2.10. The Morgan fingerprint density at radius 3 is 2.73 bits per heavy atom. The van der Waals surface area contributed by atoms with Crippen LogP contribution in [0.4, 0.5) is 0 Å². The SMILES string of the molecule is CCN(CC)CCCNC[C@@H]1CCCO1. The number of hydrogen-bond donors (Lipinski definition) is 1. The predicted octanol–water partition coefficient (Wildman–Crippen LogP) is 1.49. The number of nitrogens with one attached hydrogen (secondary N) is 1. The van der Waals surface area contributed by atoms with Gasteiger partial charge in [0.05, 0.1) is 6.10 Å². The van der Waals surface area contributed by atoms with Gasteiger partial charge in [0, 0.05) is 13.2 Å². The molecule has 0 aromatic heterocycles. The van der Waals surface area contributed by atoms with Gasteiger partial charge in [-0.15, -0.1) is 0 Å². The fourth-order valence-electron chi connectivity index (χ4n) is 2.04. The van der Waals surface area contributed by atoms with Crippen LogP contribution >= 0.6 is 0 Å². The predicted molar refractivity (Wildman–Crippen MR) is 64.2 cm³/mol. The minimum Gasteiger partial charge on any atom is -0.377 e. The molecule has 0 unspecified atom stereocenters. The highest BCUT2D eigenvalue weighted by Gasteiger charge is 2.14. The van der Waals surface area contributed by atoms with Crippen molar-refractivity contribution in [3.05, 3.63) is 0 Å². The van der Waals surface area contributed by atoms with Crippen LogP contribution in [0.25, 0.3) is 0 Å². The van der Waals surface area contributed by atoms with E-state index in [1.54, 1.807) is 0 Å². The third kappa shape index (κ3) is 5.50. The number of rotatable bonds is 8. The van der Waals surface area contributed by atoms with Gasteiger partial charge in [0.1, 0.15) is 0 Å². The Kier molecular flexibility index (Phi) is 6.98. The molecule has 1 fully saturated rings. The molecule has 1 aliphatic heterocycles. The average Bonchev–Trinajstić information content (AvgIpc) is 2.76. The molecule has 0 spiro atoms. The van der Waals surface area contributed by atoms with E-state index < -0.39 is 0 Å². The van der Waals surface area contributed by atoms with Crippen molar-refractivity contribution in [3.8, 4) is 0 Å². The molecule has 0 aromatic carbocycles. The Hall–Kier alpha value is -0.120. The molecule has 0 amide bonds. The topological polar surface area (TPSA) is 24.5 Å². The van der Waals surface area contributed by atoms with Gasteiger partial charge >= 0.3 is 0 Å². The lowest BCUT2D eigenvalue weighted by Gasteiger charge is -2.18. The summed E-state index contributed by atoms with van der Waals surface area (Å²) in [5, 5.41) is 3.48. The lowest BCUT2D eigenvalue weighted by Crippen LogP contribution is -2.30. The molecule has 1 heterocycles. The van der Waals surface area contributed by atoms with Crippen LogP contribution < -0.4 is 5.32 Å². The lowest BCUT2D eigenvalue weighted by atomic mass is 10.2. The van der Waals surface area contributed by atoms with Crippen molar-refractivity contribution in [2.45, 2.75) is 39.2 Å². The highest BCUT2D eigenvalue weighted by atomic mass is 16.5. The summed E-state index contributed by atoms with van der Waals surface area (Å²) in [7, 11) is 0. The standard InChI is InChI=1S/C12H26N2O/c1-3-14(4-2)9-6-8-13-11-12-7-5-10-15-12/h12-13H,3-11H2,1-2H3/t12-/m0/s1. The average molecular weight is 214 g/mol. The molecule has 0 saturated carbocycles. The van der Waals surface area contributed by atoms with E-state index in [-0.39, 0.29) is 0 Å². The van der Waals surface area contributed by atoms with E-state index in [0.717, 1.165) is 19.7 Å². The van der Waals surface area contributed by atoms with Gasteiger partial charge in [-0.05, 0) is 45.4 Å². The number of nitrogens with zero attached hydrogens (tertiary/aromatic N) is 1.